The van der Waals surface area contributed by atoms with E-state index in [0.717, 1.165) is 4.47 Å². The van der Waals surface area contributed by atoms with Crippen LogP contribution in [0.1, 0.15) is 17.2 Å². The molecule has 0 fully saturated rings. The fourth-order valence-corrected chi connectivity index (χ4v) is 2.30. The second-order valence-corrected chi connectivity index (χ2v) is 5.10. The van der Waals surface area contributed by atoms with Gasteiger partial charge in [-0.1, -0.05) is 34.1 Å². The molecule has 5 heteroatoms. The van der Waals surface area contributed by atoms with Crippen LogP contribution in [-0.2, 0) is 6.42 Å². The normalized spacial score (nSPS) is 12.4. The van der Waals surface area contributed by atoms with Crippen LogP contribution in [0.3, 0.4) is 0 Å². The Morgan fingerprint density at radius 3 is 2.53 bits per heavy atom. The molecule has 0 aliphatic carbocycles. The third-order valence-electron chi connectivity index (χ3n) is 2.92. The van der Waals surface area contributed by atoms with Gasteiger partial charge in [0.15, 0.2) is 0 Å². The van der Waals surface area contributed by atoms with Crippen molar-refractivity contribution in [1.29, 1.82) is 0 Å². The van der Waals surface area contributed by atoms with E-state index in [9.17, 15) is 8.78 Å². The molecular formula is C14H13BrF2N2. The maximum Gasteiger partial charge on any atom is 0.128 e. The zero-order chi connectivity index (χ0) is 13.8. The van der Waals surface area contributed by atoms with E-state index in [4.69, 9.17) is 5.84 Å². The number of hydrogen-bond donors (Lipinski definition) is 2. The smallest absolute Gasteiger partial charge is 0.128 e. The average Bonchev–Trinajstić information content (AvgIpc) is 2.41. The largest absolute Gasteiger partial charge is 0.271 e. The van der Waals surface area contributed by atoms with Crippen LogP contribution < -0.4 is 11.3 Å². The topological polar surface area (TPSA) is 38.0 Å². The average molecular weight is 327 g/mol. The van der Waals surface area contributed by atoms with Gasteiger partial charge in [-0.25, -0.2) is 8.78 Å². The van der Waals surface area contributed by atoms with Gasteiger partial charge in [-0.05, 0) is 36.2 Å². The van der Waals surface area contributed by atoms with Crippen molar-refractivity contribution < 1.29 is 8.78 Å². The third-order valence-corrected chi connectivity index (χ3v) is 3.41. The van der Waals surface area contributed by atoms with Crippen molar-refractivity contribution in [2.45, 2.75) is 12.5 Å². The van der Waals surface area contributed by atoms with Crippen LogP contribution in [-0.4, -0.2) is 0 Å². The summed E-state index contributed by atoms with van der Waals surface area (Å²) in [5.41, 5.74) is 3.43. The molecule has 2 aromatic rings. The molecule has 1 atom stereocenters. The highest BCUT2D eigenvalue weighted by Crippen LogP contribution is 2.25. The summed E-state index contributed by atoms with van der Waals surface area (Å²) < 4.78 is 28.2. The highest BCUT2D eigenvalue weighted by molar-refractivity contribution is 9.10. The Labute approximate surface area is 118 Å². The molecule has 0 heterocycles. The quantitative estimate of drug-likeness (QED) is 0.667. The first-order chi connectivity index (χ1) is 9.11. The molecule has 0 spiro atoms. The second-order valence-electron chi connectivity index (χ2n) is 4.18. The minimum Gasteiger partial charge on any atom is -0.271 e. The molecule has 2 aromatic carbocycles. The summed E-state index contributed by atoms with van der Waals surface area (Å²) in [6, 6.07) is 10.5. The fraction of sp³-hybridized carbons (Fsp3) is 0.143. The maximum absolute atomic E-state index is 13.8. The molecule has 3 N–H and O–H groups in total. The number of benzene rings is 2. The number of rotatable bonds is 4. The Bertz CT molecular complexity index is 575. The van der Waals surface area contributed by atoms with E-state index >= 15 is 0 Å². The number of nitrogens with two attached hydrogens (primary N) is 1. The highest BCUT2D eigenvalue weighted by Gasteiger charge is 2.17. The molecule has 0 saturated heterocycles. The maximum atomic E-state index is 13.8. The van der Waals surface area contributed by atoms with Gasteiger partial charge in [0.05, 0.1) is 6.04 Å². The van der Waals surface area contributed by atoms with Gasteiger partial charge in [-0.15, -0.1) is 0 Å². The zero-order valence-electron chi connectivity index (χ0n) is 10.0. The predicted molar refractivity (Wildman–Crippen MR) is 74.3 cm³/mol. The van der Waals surface area contributed by atoms with E-state index in [-0.39, 0.29) is 18.1 Å². The molecule has 1 unspecified atom stereocenters. The SMILES string of the molecule is NNC(Cc1ccccc1F)c1cc(Br)ccc1F. The lowest BCUT2D eigenvalue weighted by Crippen LogP contribution is -2.30. The lowest BCUT2D eigenvalue weighted by atomic mass is 9.98. The first-order valence-corrected chi connectivity index (χ1v) is 6.55. The molecule has 0 bridgehead atoms. The first-order valence-electron chi connectivity index (χ1n) is 5.76. The minimum atomic E-state index is -0.491. The van der Waals surface area contributed by atoms with Gasteiger partial charge in [-0.2, -0.15) is 0 Å². The van der Waals surface area contributed by atoms with Gasteiger partial charge in [0.1, 0.15) is 11.6 Å². The zero-order valence-corrected chi connectivity index (χ0v) is 11.6. The second kappa shape index (κ2) is 6.23. The summed E-state index contributed by atoms with van der Waals surface area (Å²) >= 11 is 3.28. The van der Waals surface area contributed by atoms with Crippen LogP contribution in [0.5, 0.6) is 0 Å². The van der Waals surface area contributed by atoms with Crippen molar-refractivity contribution in [2.24, 2.45) is 5.84 Å². The van der Waals surface area contributed by atoms with Gasteiger partial charge in [0, 0.05) is 10.0 Å². The highest BCUT2D eigenvalue weighted by atomic mass is 79.9. The number of hydrogen-bond acceptors (Lipinski definition) is 2. The molecule has 0 aromatic heterocycles. The minimum absolute atomic E-state index is 0.274. The van der Waals surface area contributed by atoms with Crippen molar-refractivity contribution >= 4 is 15.9 Å². The summed E-state index contributed by atoms with van der Waals surface area (Å²) in [4.78, 5) is 0. The van der Waals surface area contributed by atoms with Crippen molar-refractivity contribution in [3.05, 3.63) is 69.7 Å². The van der Waals surface area contributed by atoms with Crippen molar-refractivity contribution in [2.75, 3.05) is 0 Å². The Balaban J connectivity index is 2.30. The summed E-state index contributed by atoms with van der Waals surface area (Å²) in [5.74, 6) is 4.77. The molecule has 0 aliphatic heterocycles. The van der Waals surface area contributed by atoms with E-state index in [1.54, 1.807) is 30.3 Å². The van der Waals surface area contributed by atoms with Gasteiger partial charge < -0.3 is 0 Å². The van der Waals surface area contributed by atoms with Crippen molar-refractivity contribution in [3.63, 3.8) is 0 Å². The molecule has 0 radical (unpaired) electrons. The summed E-state index contributed by atoms with van der Waals surface area (Å²) in [6.45, 7) is 0. The standard InChI is InChI=1S/C14H13BrF2N2/c15-10-5-6-13(17)11(8-10)14(19-18)7-9-3-1-2-4-12(9)16/h1-6,8,14,19H,7,18H2. The van der Waals surface area contributed by atoms with Gasteiger partial charge in [-0.3, -0.25) is 11.3 Å². The molecule has 0 saturated carbocycles. The molecule has 2 nitrogen and oxygen atoms in total. The Hall–Kier alpha value is -1.30. The molecule has 2 rings (SSSR count). The number of halogens is 3. The van der Waals surface area contributed by atoms with Crippen LogP contribution in [0.4, 0.5) is 8.78 Å². The van der Waals surface area contributed by atoms with Crippen LogP contribution in [0.2, 0.25) is 0 Å². The summed E-state index contributed by atoms with van der Waals surface area (Å²) in [6.07, 6.45) is 0.274. The van der Waals surface area contributed by atoms with Crippen LogP contribution in [0, 0.1) is 11.6 Å². The number of nitrogens with one attached hydrogen (secondary N) is 1. The first kappa shape index (κ1) is 14.1. The molecule has 100 valence electrons. The van der Waals surface area contributed by atoms with E-state index in [0.29, 0.717) is 11.1 Å². The fourth-order valence-electron chi connectivity index (χ4n) is 1.92. The lowest BCUT2D eigenvalue weighted by Gasteiger charge is -2.18. The Morgan fingerprint density at radius 1 is 1.11 bits per heavy atom. The van der Waals surface area contributed by atoms with E-state index in [2.05, 4.69) is 21.4 Å². The van der Waals surface area contributed by atoms with Crippen LogP contribution in [0.15, 0.2) is 46.9 Å². The van der Waals surface area contributed by atoms with Gasteiger partial charge in [0.25, 0.3) is 0 Å². The van der Waals surface area contributed by atoms with E-state index < -0.39 is 6.04 Å². The molecular weight excluding hydrogens is 314 g/mol. The van der Waals surface area contributed by atoms with Gasteiger partial charge >= 0.3 is 0 Å². The summed E-state index contributed by atoms with van der Waals surface area (Å²) in [5, 5.41) is 0. The van der Waals surface area contributed by atoms with Gasteiger partial charge in [0.2, 0.25) is 0 Å². The lowest BCUT2D eigenvalue weighted by molar-refractivity contribution is 0.498. The molecule has 0 amide bonds. The van der Waals surface area contributed by atoms with E-state index in [1.807, 2.05) is 0 Å². The van der Waals surface area contributed by atoms with Crippen LogP contribution in [0.25, 0.3) is 0 Å². The van der Waals surface area contributed by atoms with Crippen LogP contribution >= 0.6 is 15.9 Å². The Kier molecular flexibility index (Phi) is 4.63. The Morgan fingerprint density at radius 2 is 1.84 bits per heavy atom. The van der Waals surface area contributed by atoms with E-state index in [1.165, 1.54) is 12.1 Å². The predicted octanol–water partition coefficient (Wildman–Crippen LogP) is 3.47. The molecule has 0 aliphatic rings. The monoisotopic (exact) mass is 326 g/mol. The summed E-state index contributed by atoms with van der Waals surface area (Å²) in [7, 11) is 0. The van der Waals surface area contributed by atoms with Crippen molar-refractivity contribution in [1.82, 2.24) is 5.43 Å². The van der Waals surface area contributed by atoms with Crippen molar-refractivity contribution in [3.8, 4) is 0 Å². The molecule has 19 heavy (non-hydrogen) atoms. The number of hydrazine groups is 1. The third kappa shape index (κ3) is 3.37.